The van der Waals surface area contributed by atoms with Crippen molar-refractivity contribution < 1.29 is 4.79 Å². The highest BCUT2D eigenvalue weighted by Gasteiger charge is 2.14. The molecule has 5 heteroatoms. The molecule has 1 heterocycles. The number of benzene rings is 2. The zero-order valence-electron chi connectivity index (χ0n) is 12.5. The van der Waals surface area contributed by atoms with Gasteiger partial charge in [-0.3, -0.25) is 9.59 Å². The van der Waals surface area contributed by atoms with Crippen molar-refractivity contribution >= 4 is 32.6 Å². The second-order valence-corrected chi connectivity index (χ2v) is 6.18. The van der Waals surface area contributed by atoms with Crippen LogP contribution in [0.5, 0.6) is 0 Å². The van der Waals surface area contributed by atoms with E-state index in [0.29, 0.717) is 10.0 Å². The maximum atomic E-state index is 12.4. The minimum absolute atomic E-state index is 0.153. The number of rotatable bonds is 3. The van der Waals surface area contributed by atoms with Gasteiger partial charge >= 0.3 is 0 Å². The summed E-state index contributed by atoms with van der Waals surface area (Å²) in [6.07, 6.45) is 1.41. The number of halogens is 1. The molecule has 2 aromatic carbocycles. The fourth-order valence-electron chi connectivity index (χ4n) is 2.57. The first kappa shape index (κ1) is 15.5. The summed E-state index contributed by atoms with van der Waals surface area (Å²) in [7, 11) is 0. The number of aromatic nitrogens is 1. The Morgan fingerprint density at radius 3 is 2.70 bits per heavy atom. The van der Waals surface area contributed by atoms with Gasteiger partial charge < -0.3 is 10.3 Å². The van der Waals surface area contributed by atoms with Crippen LogP contribution in [0.25, 0.3) is 10.8 Å². The Balaban J connectivity index is 1.88. The van der Waals surface area contributed by atoms with Crippen LogP contribution in [0.3, 0.4) is 0 Å². The lowest BCUT2D eigenvalue weighted by atomic mass is 9.99. The lowest BCUT2D eigenvalue weighted by Crippen LogP contribution is -2.27. The highest BCUT2D eigenvalue weighted by atomic mass is 79.9. The van der Waals surface area contributed by atoms with Gasteiger partial charge in [-0.15, -0.1) is 0 Å². The molecule has 0 bridgehead atoms. The number of hydrogen-bond donors (Lipinski definition) is 2. The predicted octanol–water partition coefficient (Wildman–Crippen LogP) is 3.78. The molecule has 0 saturated heterocycles. The molecule has 4 nitrogen and oxygen atoms in total. The van der Waals surface area contributed by atoms with Crippen molar-refractivity contribution in [2.24, 2.45) is 0 Å². The van der Waals surface area contributed by atoms with Gasteiger partial charge in [0.1, 0.15) is 0 Å². The van der Waals surface area contributed by atoms with Crippen LogP contribution in [-0.2, 0) is 0 Å². The summed E-state index contributed by atoms with van der Waals surface area (Å²) in [5.74, 6) is -0.234. The van der Waals surface area contributed by atoms with Crippen molar-refractivity contribution in [2.45, 2.75) is 13.0 Å². The fraction of sp³-hybridized carbons (Fsp3) is 0.111. The number of amides is 1. The van der Waals surface area contributed by atoms with Crippen LogP contribution in [0.1, 0.15) is 28.9 Å². The first-order valence-electron chi connectivity index (χ1n) is 7.23. The molecule has 116 valence electrons. The zero-order valence-corrected chi connectivity index (χ0v) is 14.1. The van der Waals surface area contributed by atoms with Crippen LogP contribution < -0.4 is 10.9 Å². The zero-order chi connectivity index (χ0) is 16.4. The summed E-state index contributed by atoms with van der Waals surface area (Å²) >= 11 is 3.13. The molecule has 1 aromatic heterocycles. The van der Waals surface area contributed by atoms with Gasteiger partial charge in [-0.2, -0.15) is 0 Å². The molecule has 0 aliphatic heterocycles. The quantitative estimate of drug-likeness (QED) is 0.736. The third kappa shape index (κ3) is 3.19. The van der Waals surface area contributed by atoms with E-state index in [2.05, 4.69) is 26.2 Å². The van der Waals surface area contributed by atoms with E-state index in [4.69, 9.17) is 0 Å². The SMILES string of the molecule is C[C@@H](NC(=O)c1c[nH]c(=O)c(Br)c1)c1cccc2ccccc12. The summed E-state index contributed by atoms with van der Waals surface area (Å²) in [4.78, 5) is 26.3. The minimum Gasteiger partial charge on any atom is -0.345 e. The van der Waals surface area contributed by atoms with E-state index >= 15 is 0 Å². The second kappa shape index (κ2) is 6.38. The predicted molar refractivity (Wildman–Crippen MR) is 94.6 cm³/mol. The number of carbonyl (C=O) groups is 1. The van der Waals surface area contributed by atoms with Gasteiger partial charge in [0.05, 0.1) is 16.1 Å². The van der Waals surface area contributed by atoms with Gasteiger partial charge in [0.2, 0.25) is 0 Å². The molecular formula is C18H15BrN2O2. The number of carbonyl (C=O) groups excluding carboxylic acids is 1. The number of H-pyrrole nitrogens is 1. The van der Waals surface area contributed by atoms with Crippen LogP contribution in [0.4, 0.5) is 0 Å². The molecule has 3 rings (SSSR count). The minimum atomic E-state index is -0.261. The van der Waals surface area contributed by atoms with Crippen molar-refractivity contribution in [2.75, 3.05) is 0 Å². The molecule has 0 radical (unpaired) electrons. The van der Waals surface area contributed by atoms with E-state index in [1.807, 2.05) is 49.4 Å². The third-order valence-electron chi connectivity index (χ3n) is 3.76. The van der Waals surface area contributed by atoms with E-state index in [9.17, 15) is 9.59 Å². The van der Waals surface area contributed by atoms with Crippen molar-refractivity contribution in [1.29, 1.82) is 0 Å². The van der Waals surface area contributed by atoms with Gasteiger partial charge in [0.15, 0.2) is 0 Å². The van der Waals surface area contributed by atoms with Gasteiger partial charge in [-0.05, 0) is 45.3 Å². The molecule has 23 heavy (non-hydrogen) atoms. The van der Waals surface area contributed by atoms with Crippen molar-refractivity contribution in [3.05, 3.63) is 80.7 Å². The molecule has 2 N–H and O–H groups in total. The Bertz CT molecular complexity index is 928. The third-order valence-corrected chi connectivity index (χ3v) is 4.35. The summed E-state index contributed by atoms with van der Waals surface area (Å²) in [5.41, 5.74) is 1.20. The maximum absolute atomic E-state index is 12.4. The molecule has 1 atom stereocenters. The van der Waals surface area contributed by atoms with Gasteiger partial charge in [0.25, 0.3) is 11.5 Å². The van der Waals surface area contributed by atoms with E-state index in [1.54, 1.807) is 0 Å². The lowest BCUT2D eigenvalue weighted by molar-refractivity contribution is 0.0939. The van der Waals surface area contributed by atoms with Crippen LogP contribution >= 0.6 is 15.9 Å². The average molecular weight is 371 g/mol. The first-order valence-corrected chi connectivity index (χ1v) is 8.02. The monoisotopic (exact) mass is 370 g/mol. The summed E-state index contributed by atoms with van der Waals surface area (Å²) in [6.45, 7) is 1.94. The number of nitrogens with one attached hydrogen (secondary N) is 2. The van der Waals surface area contributed by atoms with Gasteiger partial charge in [-0.25, -0.2) is 0 Å². The Kier molecular flexibility index (Phi) is 4.30. The molecule has 0 aliphatic carbocycles. The Morgan fingerprint density at radius 2 is 1.91 bits per heavy atom. The molecule has 0 unspecified atom stereocenters. The van der Waals surface area contributed by atoms with Gasteiger partial charge in [-0.1, -0.05) is 42.5 Å². The Labute approximate surface area is 141 Å². The van der Waals surface area contributed by atoms with Crippen LogP contribution in [0, 0.1) is 0 Å². The van der Waals surface area contributed by atoms with E-state index in [-0.39, 0.29) is 17.5 Å². The number of pyridine rings is 1. The lowest BCUT2D eigenvalue weighted by Gasteiger charge is -2.16. The number of aromatic amines is 1. The highest BCUT2D eigenvalue weighted by Crippen LogP contribution is 2.24. The first-order chi connectivity index (χ1) is 11.1. The molecule has 0 spiro atoms. The molecule has 0 fully saturated rings. The molecule has 3 aromatic rings. The van der Waals surface area contributed by atoms with Crippen LogP contribution in [0.2, 0.25) is 0 Å². The summed E-state index contributed by atoms with van der Waals surface area (Å²) in [5, 5.41) is 5.22. The largest absolute Gasteiger partial charge is 0.345 e. The normalized spacial score (nSPS) is 12.1. The summed E-state index contributed by atoms with van der Waals surface area (Å²) < 4.78 is 0.336. The average Bonchev–Trinajstić information content (AvgIpc) is 2.56. The topological polar surface area (TPSA) is 62.0 Å². The Hall–Kier alpha value is -2.40. The molecule has 0 saturated carbocycles. The van der Waals surface area contributed by atoms with E-state index in [0.717, 1.165) is 16.3 Å². The van der Waals surface area contributed by atoms with E-state index in [1.165, 1.54) is 12.3 Å². The van der Waals surface area contributed by atoms with Crippen LogP contribution in [-0.4, -0.2) is 10.9 Å². The van der Waals surface area contributed by atoms with Crippen molar-refractivity contribution in [1.82, 2.24) is 10.3 Å². The van der Waals surface area contributed by atoms with Crippen LogP contribution in [0.15, 0.2) is 64.0 Å². The molecule has 1 amide bonds. The highest BCUT2D eigenvalue weighted by molar-refractivity contribution is 9.10. The van der Waals surface area contributed by atoms with Gasteiger partial charge in [0, 0.05) is 6.20 Å². The molecule has 0 aliphatic rings. The maximum Gasteiger partial charge on any atom is 0.262 e. The smallest absolute Gasteiger partial charge is 0.262 e. The van der Waals surface area contributed by atoms with Crippen molar-refractivity contribution in [3.8, 4) is 0 Å². The van der Waals surface area contributed by atoms with E-state index < -0.39 is 0 Å². The molecular weight excluding hydrogens is 356 g/mol. The standard InChI is InChI=1S/C18H15BrN2O2/c1-11(14-8-4-6-12-5-2-3-7-15(12)14)21-17(22)13-9-16(19)18(23)20-10-13/h2-11H,1H3,(H,20,23)(H,21,22)/t11-/m1/s1. The number of hydrogen-bond acceptors (Lipinski definition) is 2. The summed E-state index contributed by atoms with van der Waals surface area (Å²) in [6, 6.07) is 15.5. The number of fused-ring (bicyclic) bond motifs is 1. The fourth-order valence-corrected chi connectivity index (χ4v) is 2.93. The second-order valence-electron chi connectivity index (χ2n) is 5.33. The van der Waals surface area contributed by atoms with Crippen molar-refractivity contribution in [3.63, 3.8) is 0 Å². The Morgan fingerprint density at radius 1 is 1.17 bits per heavy atom.